The third-order valence-electron chi connectivity index (χ3n) is 2.67. The zero-order chi connectivity index (χ0) is 15.4. The molecule has 0 aliphatic rings. The molecule has 0 radical (unpaired) electrons. The van der Waals surface area contributed by atoms with Crippen molar-refractivity contribution in [1.82, 2.24) is 9.88 Å². The van der Waals surface area contributed by atoms with Crippen LogP contribution in [0.3, 0.4) is 0 Å². The zero-order valence-corrected chi connectivity index (χ0v) is 11.6. The number of amides is 1. The monoisotopic (exact) mass is 286 g/mol. The van der Waals surface area contributed by atoms with Crippen molar-refractivity contribution >= 4 is 11.9 Å². The van der Waals surface area contributed by atoms with E-state index in [-0.39, 0.29) is 17.2 Å². The summed E-state index contributed by atoms with van der Waals surface area (Å²) in [6.45, 7) is 0. The summed E-state index contributed by atoms with van der Waals surface area (Å²) in [4.78, 5) is 28.1. The quantitative estimate of drug-likeness (QED) is 0.932. The Bertz CT molecular complexity index is 683. The van der Waals surface area contributed by atoms with Gasteiger partial charge in [0.2, 0.25) is 0 Å². The summed E-state index contributed by atoms with van der Waals surface area (Å²) in [7, 11) is 3.27. The number of carbonyl (C=O) groups excluding carboxylic acids is 1. The van der Waals surface area contributed by atoms with Crippen LogP contribution in [0.1, 0.15) is 20.8 Å². The van der Waals surface area contributed by atoms with Crippen LogP contribution in [0.15, 0.2) is 42.6 Å². The molecule has 108 valence electrons. The number of rotatable bonds is 4. The topological polar surface area (TPSA) is 79.7 Å². The minimum atomic E-state index is -1.03. The second-order valence-electron chi connectivity index (χ2n) is 4.51. The maximum Gasteiger partial charge on any atom is 0.335 e. The summed E-state index contributed by atoms with van der Waals surface area (Å²) in [6.07, 6.45) is 1.47. The van der Waals surface area contributed by atoms with Gasteiger partial charge in [0.15, 0.2) is 0 Å². The number of pyridine rings is 1. The molecule has 2 aromatic rings. The van der Waals surface area contributed by atoms with Crippen molar-refractivity contribution in [1.29, 1.82) is 0 Å². The molecule has 1 amide bonds. The molecule has 1 heterocycles. The molecule has 0 atom stereocenters. The third-order valence-corrected chi connectivity index (χ3v) is 2.67. The smallest absolute Gasteiger partial charge is 0.335 e. The van der Waals surface area contributed by atoms with Crippen molar-refractivity contribution in [2.75, 3.05) is 14.1 Å². The Hall–Kier alpha value is -2.89. The van der Waals surface area contributed by atoms with Crippen molar-refractivity contribution < 1.29 is 19.4 Å². The molecule has 0 fully saturated rings. The highest BCUT2D eigenvalue weighted by molar-refractivity contribution is 5.92. The van der Waals surface area contributed by atoms with Crippen molar-refractivity contribution in [3.05, 3.63) is 53.9 Å². The summed E-state index contributed by atoms with van der Waals surface area (Å²) >= 11 is 0. The second-order valence-corrected chi connectivity index (χ2v) is 4.51. The minimum Gasteiger partial charge on any atom is -0.478 e. The standard InChI is InChI=1S/C15H14N2O4/c1-17(2)14(18)13-9-12(6-7-16-13)21-11-5-3-4-10(8-11)15(19)20/h3-9H,1-2H3,(H,19,20). The van der Waals surface area contributed by atoms with Crippen LogP contribution in [0.5, 0.6) is 11.5 Å². The minimum absolute atomic E-state index is 0.131. The Morgan fingerprint density at radius 1 is 1.14 bits per heavy atom. The van der Waals surface area contributed by atoms with Crippen LogP contribution in [-0.2, 0) is 0 Å². The van der Waals surface area contributed by atoms with E-state index in [2.05, 4.69) is 4.98 Å². The van der Waals surface area contributed by atoms with Crippen molar-refractivity contribution in [2.45, 2.75) is 0 Å². The van der Waals surface area contributed by atoms with Gasteiger partial charge in [-0.3, -0.25) is 9.78 Å². The van der Waals surface area contributed by atoms with Crippen LogP contribution in [-0.4, -0.2) is 41.0 Å². The lowest BCUT2D eigenvalue weighted by Crippen LogP contribution is -2.22. The highest BCUT2D eigenvalue weighted by Crippen LogP contribution is 2.22. The van der Waals surface area contributed by atoms with E-state index in [1.54, 1.807) is 32.3 Å². The van der Waals surface area contributed by atoms with E-state index in [1.165, 1.54) is 29.3 Å². The molecule has 0 spiro atoms. The van der Waals surface area contributed by atoms with E-state index >= 15 is 0 Å². The SMILES string of the molecule is CN(C)C(=O)c1cc(Oc2cccc(C(=O)O)c2)ccn1. The van der Waals surface area contributed by atoms with E-state index in [4.69, 9.17) is 9.84 Å². The van der Waals surface area contributed by atoms with Gasteiger partial charge < -0.3 is 14.7 Å². The summed E-state index contributed by atoms with van der Waals surface area (Å²) in [5.74, 6) is -0.472. The molecular weight excluding hydrogens is 272 g/mol. The number of carbonyl (C=O) groups is 2. The van der Waals surface area contributed by atoms with Crippen molar-refractivity contribution in [3.8, 4) is 11.5 Å². The zero-order valence-electron chi connectivity index (χ0n) is 11.6. The lowest BCUT2D eigenvalue weighted by Gasteiger charge is -2.11. The van der Waals surface area contributed by atoms with Crippen LogP contribution < -0.4 is 4.74 Å². The van der Waals surface area contributed by atoms with Gasteiger partial charge in [0, 0.05) is 26.4 Å². The van der Waals surface area contributed by atoms with Gasteiger partial charge in [-0.2, -0.15) is 0 Å². The number of hydrogen-bond acceptors (Lipinski definition) is 4. The Morgan fingerprint density at radius 2 is 1.86 bits per heavy atom. The maximum absolute atomic E-state index is 11.8. The first kappa shape index (κ1) is 14.5. The number of hydrogen-bond donors (Lipinski definition) is 1. The third kappa shape index (κ3) is 3.56. The van der Waals surface area contributed by atoms with Gasteiger partial charge in [-0.25, -0.2) is 4.79 Å². The predicted octanol–water partition coefficient (Wildman–Crippen LogP) is 2.27. The molecule has 0 saturated carbocycles. The molecule has 0 unspecified atom stereocenters. The number of ether oxygens (including phenoxy) is 1. The molecule has 1 N–H and O–H groups in total. The lowest BCUT2D eigenvalue weighted by atomic mass is 10.2. The van der Waals surface area contributed by atoms with Gasteiger partial charge in [-0.1, -0.05) is 6.07 Å². The molecule has 2 rings (SSSR count). The van der Waals surface area contributed by atoms with Crippen LogP contribution in [0.25, 0.3) is 0 Å². The van der Waals surface area contributed by atoms with Crippen LogP contribution >= 0.6 is 0 Å². The van der Waals surface area contributed by atoms with Gasteiger partial charge in [-0.15, -0.1) is 0 Å². The number of aromatic carboxylic acids is 1. The highest BCUT2D eigenvalue weighted by Gasteiger charge is 2.11. The van der Waals surface area contributed by atoms with Gasteiger partial charge in [0.05, 0.1) is 5.56 Å². The summed E-state index contributed by atoms with van der Waals surface area (Å²) < 4.78 is 5.57. The summed E-state index contributed by atoms with van der Waals surface area (Å²) in [6, 6.07) is 9.22. The lowest BCUT2D eigenvalue weighted by molar-refractivity contribution is 0.0696. The first-order valence-electron chi connectivity index (χ1n) is 6.16. The number of carboxylic acid groups (broad SMARTS) is 1. The predicted molar refractivity (Wildman–Crippen MR) is 75.7 cm³/mol. The summed E-state index contributed by atoms with van der Waals surface area (Å²) in [5.41, 5.74) is 0.387. The molecule has 21 heavy (non-hydrogen) atoms. The fraction of sp³-hybridized carbons (Fsp3) is 0.133. The molecule has 1 aromatic carbocycles. The molecular formula is C15H14N2O4. The van der Waals surface area contributed by atoms with E-state index < -0.39 is 5.97 Å². The Morgan fingerprint density at radius 3 is 2.52 bits per heavy atom. The molecule has 6 heteroatoms. The average Bonchev–Trinajstić information content (AvgIpc) is 2.47. The van der Waals surface area contributed by atoms with E-state index in [1.807, 2.05) is 0 Å². The molecule has 0 aliphatic carbocycles. The Balaban J connectivity index is 2.24. The number of aromatic nitrogens is 1. The van der Waals surface area contributed by atoms with Crippen molar-refractivity contribution in [3.63, 3.8) is 0 Å². The molecule has 0 bridgehead atoms. The van der Waals surface area contributed by atoms with Gasteiger partial charge in [0.25, 0.3) is 5.91 Å². The van der Waals surface area contributed by atoms with Crippen LogP contribution in [0, 0.1) is 0 Å². The highest BCUT2D eigenvalue weighted by atomic mass is 16.5. The van der Waals surface area contributed by atoms with E-state index in [0.29, 0.717) is 11.5 Å². The first-order valence-corrected chi connectivity index (χ1v) is 6.16. The average molecular weight is 286 g/mol. The summed E-state index contributed by atoms with van der Waals surface area (Å²) in [5, 5.41) is 8.94. The normalized spacial score (nSPS) is 10.0. The Labute approximate surface area is 121 Å². The number of benzene rings is 1. The number of carboxylic acids is 1. The fourth-order valence-electron chi connectivity index (χ4n) is 1.65. The molecule has 0 saturated heterocycles. The van der Waals surface area contributed by atoms with Crippen LogP contribution in [0.2, 0.25) is 0 Å². The van der Waals surface area contributed by atoms with Gasteiger partial charge in [0.1, 0.15) is 17.2 Å². The van der Waals surface area contributed by atoms with Gasteiger partial charge >= 0.3 is 5.97 Å². The molecule has 1 aromatic heterocycles. The fourth-order valence-corrected chi connectivity index (χ4v) is 1.65. The van der Waals surface area contributed by atoms with Gasteiger partial charge in [-0.05, 0) is 24.3 Å². The van der Waals surface area contributed by atoms with Crippen molar-refractivity contribution in [2.24, 2.45) is 0 Å². The number of nitrogens with zero attached hydrogens (tertiary/aromatic N) is 2. The molecule has 0 aliphatic heterocycles. The van der Waals surface area contributed by atoms with E-state index in [0.717, 1.165) is 0 Å². The second kappa shape index (κ2) is 6.04. The maximum atomic E-state index is 11.8. The van der Waals surface area contributed by atoms with Crippen LogP contribution in [0.4, 0.5) is 0 Å². The largest absolute Gasteiger partial charge is 0.478 e. The van der Waals surface area contributed by atoms with E-state index in [9.17, 15) is 9.59 Å². The Kier molecular flexibility index (Phi) is 4.18. The first-order chi connectivity index (χ1) is 9.97. The molecule has 6 nitrogen and oxygen atoms in total.